The molecule has 4 aromatic rings. The van der Waals surface area contributed by atoms with Gasteiger partial charge >= 0.3 is 0 Å². The van der Waals surface area contributed by atoms with Crippen LogP contribution in [0.4, 0.5) is 5.82 Å². The second kappa shape index (κ2) is 9.24. The van der Waals surface area contributed by atoms with Crippen molar-refractivity contribution in [2.24, 2.45) is 0 Å². The van der Waals surface area contributed by atoms with E-state index in [1.54, 1.807) is 0 Å². The summed E-state index contributed by atoms with van der Waals surface area (Å²) in [7, 11) is 0. The number of oxazole rings is 1. The number of aromatic nitrogens is 3. The molecule has 0 amide bonds. The maximum atomic E-state index is 6.12. The Morgan fingerprint density at radius 2 is 1.72 bits per heavy atom. The molecule has 0 unspecified atom stereocenters. The van der Waals surface area contributed by atoms with Crippen molar-refractivity contribution in [2.75, 3.05) is 38.2 Å². The van der Waals surface area contributed by atoms with Crippen molar-refractivity contribution in [3.63, 3.8) is 0 Å². The standard InChI is InChI=1S/C24H24ClN5O2/c1-16(30-11-13-31-14-12-30)15-26-22-20-23(28-21(27-22)17-5-3-2-4-6-17)29-24(32-20)18-7-9-19(25)10-8-18/h2-10,16H,11-15H2,1H3,(H,26,27,28)/t16-/m0/s1. The second-order valence-electron chi connectivity index (χ2n) is 7.82. The van der Waals surface area contributed by atoms with Crippen LogP contribution in [0.5, 0.6) is 0 Å². The Morgan fingerprint density at radius 1 is 0.969 bits per heavy atom. The smallest absolute Gasteiger partial charge is 0.229 e. The molecule has 32 heavy (non-hydrogen) atoms. The minimum atomic E-state index is 0.322. The first-order chi connectivity index (χ1) is 15.7. The molecule has 164 valence electrons. The number of halogens is 1. The summed E-state index contributed by atoms with van der Waals surface area (Å²) >= 11 is 6.03. The number of nitrogens with one attached hydrogen (secondary N) is 1. The summed E-state index contributed by atoms with van der Waals surface area (Å²) < 4.78 is 11.6. The SMILES string of the molecule is C[C@@H](CNc1nc(-c2ccccc2)nc2nc(-c3ccc(Cl)cc3)oc12)N1CCOCC1. The zero-order valence-electron chi connectivity index (χ0n) is 17.8. The van der Waals surface area contributed by atoms with Gasteiger partial charge in [-0.3, -0.25) is 4.90 Å². The molecule has 1 aliphatic heterocycles. The third-order valence-corrected chi connectivity index (χ3v) is 5.86. The highest BCUT2D eigenvalue weighted by Crippen LogP contribution is 2.30. The maximum Gasteiger partial charge on any atom is 0.229 e. The average molecular weight is 450 g/mol. The van der Waals surface area contributed by atoms with Crippen molar-refractivity contribution in [2.45, 2.75) is 13.0 Å². The van der Waals surface area contributed by atoms with E-state index in [0.717, 1.165) is 44.0 Å². The molecule has 8 heteroatoms. The van der Waals surface area contributed by atoms with Crippen LogP contribution in [0.15, 0.2) is 59.0 Å². The number of rotatable bonds is 6. The highest BCUT2D eigenvalue weighted by atomic mass is 35.5. The molecule has 1 atom stereocenters. The molecule has 1 fully saturated rings. The van der Waals surface area contributed by atoms with Crippen molar-refractivity contribution in [1.29, 1.82) is 0 Å². The van der Waals surface area contributed by atoms with Gasteiger partial charge in [-0.2, -0.15) is 4.98 Å². The quantitative estimate of drug-likeness (QED) is 0.455. The van der Waals surface area contributed by atoms with Gasteiger partial charge in [0.15, 0.2) is 11.6 Å². The Balaban J connectivity index is 1.50. The number of anilines is 1. The van der Waals surface area contributed by atoms with Crippen LogP contribution in [0.25, 0.3) is 34.1 Å². The molecule has 7 nitrogen and oxygen atoms in total. The lowest BCUT2D eigenvalue weighted by molar-refractivity contribution is 0.0227. The molecule has 0 saturated carbocycles. The van der Waals surface area contributed by atoms with Crippen molar-refractivity contribution < 1.29 is 9.15 Å². The summed E-state index contributed by atoms with van der Waals surface area (Å²) in [5, 5.41) is 4.14. The van der Waals surface area contributed by atoms with Gasteiger partial charge in [-0.25, -0.2) is 9.97 Å². The van der Waals surface area contributed by atoms with E-state index in [4.69, 9.17) is 25.7 Å². The molecule has 2 aromatic heterocycles. The molecule has 1 aliphatic rings. The van der Waals surface area contributed by atoms with Crippen LogP contribution >= 0.6 is 11.6 Å². The molecule has 0 bridgehead atoms. The molecular formula is C24H24ClN5O2. The fraction of sp³-hybridized carbons (Fsp3) is 0.292. The molecular weight excluding hydrogens is 426 g/mol. The molecule has 5 rings (SSSR count). The molecule has 0 radical (unpaired) electrons. The van der Waals surface area contributed by atoms with E-state index in [1.807, 2.05) is 54.6 Å². The number of nitrogens with zero attached hydrogens (tertiary/aromatic N) is 4. The Hall–Kier alpha value is -3.00. The first-order valence-corrected chi connectivity index (χ1v) is 11.1. The molecule has 0 aliphatic carbocycles. The normalized spacial score (nSPS) is 15.7. The summed E-state index contributed by atoms with van der Waals surface area (Å²) in [6.45, 7) is 6.33. The third-order valence-electron chi connectivity index (χ3n) is 5.61. The zero-order valence-corrected chi connectivity index (χ0v) is 18.5. The largest absolute Gasteiger partial charge is 0.430 e. The van der Waals surface area contributed by atoms with Gasteiger partial charge in [-0.1, -0.05) is 41.9 Å². The Morgan fingerprint density at radius 3 is 2.47 bits per heavy atom. The number of morpholine rings is 1. The van der Waals surface area contributed by atoms with E-state index in [9.17, 15) is 0 Å². The zero-order chi connectivity index (χ0) is 21.9. The third kappa shape index (κ3) is 4.46. The van der Waals surface area contributed by atoms with Crippen LogP contribution in [0.2, 0.25) is 5.02 Å². The van der Waals surface area contributed by atoms with Crippen molar-refractivity contribution in [3.05, 3.63) is 59.6 Å². The molecule has 0 spiro atoms. The van der Waals surface area contributed by atoms with E-state index in [1.165, 1.54) is 0 Å². The van der Waals surface area contributed by atoms with Crippen molar-refractivity contribution in [1.82, 2.24) is 19.9 Å². The molecule has 3 heterocycles. The number of hydrogen-bond donors (Lipinski definition) is 1. The van der Waals surface area contributed by atoms with Crippen LogP contribution in [0, 0.1) is 0 Å². The Kier molecular flexibility index (Phi) is 6.03. The monoisotopic (exact) mass is 449 g/mol. The summed E-state index contributed by atoms with van der Waals surface area (Å²) in [6, 6.07) is 17.6. The molecule has 1 saturated heterocycles. The highest BCUT2D eigenvalue weighted by Gasteiger charge is 2.20. The Bertz CT molecular complexity index is 1190. The number of benzene rings is 2. The van der Waals surface area contributed by atoms with Gasteiger partial charge < -0.3 is 14.5 Å². The van der Waals surface area contributed by atoms with Gasteiger partial charge in [-0.05, 0) is 31.2 Å². The van der Waals surface area contributed by atoms with E-state index >= 15 is 0 Å². The number of fused-ring (bicyclic) bond motifs is 1. The minimum Gasteiger partial charge on any atom is -0.430 e. The lowest BCUT2D eigenvalue weighted by atomic mass is 10.2. The van der Waals surface area contributed by atoms with Gasteiger partial charge in [0.2, 0.25) is 17.1 Å². The first kappa shape index (κ1) is 20.9. The average Bonchev–Trinajstić information content (AvgIpc) is 3.28. The fourth-order valence-corrected chi connectivity index (χ4v) is 3.89. The molecule has 1 N–H and O–H groups in total. The Labute approximate surface area is 191 Å². The fourth-order valence-electron chi connectivity index (χ4n) is 3.77. The summed E-state index contributed by atoms with van der Waals surface area (Å²) in [5.74, 6) is 1.73. The molecule has 2 aromatic carbocycles. The summed E-state index contributed by atoms with van der Waals surface area (Å²) in [4.78, 5) is 16.5. The van der Waals surface area contributed by atoms with Crippen molar-refractivity contribution in [3.8, 4) is 22.8 Å². The van der Waals surface area contributed by atoms with Crippen LogP contribution < -0.4 is 5.32 Å². The summed E-state index contributed by atoms with van der Waals surface area (Å²) in [6.07, 6.45) is 0. The lowest BCUT2D eigenvalue weighted by Crippen LogP contribution is -2.45. The van der Waals surface area contributed by atoms with Crippen LogP contribution in [-0.4, -0.2) is 58.7 Å². The predicted octanol–water partition coefficient (Wildman–Crippen LogP) is 4.74. The first-order valence-electron chi connectivity index (χ1n) is 10.7. The van der Waals surface area contributed by atoms with Crippen LogP contribution in [-0.2, 0) is 4.74 Å². The topological polar surface area (TPSA) is 76.3 Å². The number of hydrogen-bond acceptors (Lipinski definition) is 7. The van der Waals surface area contributed by atoms with E-state index in [0.29, 0.717) is 39.8 Å². The lowest BCUT2D eigenvalue weighted by Gasteiger charge is -2.32. The van der Waals surface area contributed by atoms with Gasteiger partial charge in [0, 0.05) is 41.8 Å². The number of ether oxygens (including phenoxy) is 1. The minimum absolute atomic E-state index is 0.322. The van der Waals surface area contributed by atoms with Crippen molar-refractivity contribution >= 4 is 28.6 Å². The van der Waals surface area contributed by atoms with E-state index in [2.05, 4.69) is 27.1 Å². The summed E-state index contributed by atoms with van der Waals surface area (Å²) in [5.41, 5.74) is 2.82. The van der Waals surface area contributed by atoms with Crippen LogP contribution in [0.3, 0.4) is 0 Å². The van der Waals surface area contributed by atoms with Gasteiger partial charge in [-0.15, -0.1) is 0 Å². The van der Waals surface area contributed by atoms with Gasteiger partial charge in [0.1, 0.15) is 0 Å². The maximum absolute atomic E-state index is 6.12. The second-order valence-corrected chi connectivity index (χ2v) is 8.26. The van der Waals surface area contributed by atoms with Gasteiger partial charge in [0.25, 0.3) is 0 Å². The van der Waals surface area contributed by atoms with E-state index < -0.39 is 0 Å². The van der Waals surface area contributed by atoms with Gasteiger partial charge in [0.05, 0.1) is 13.2 Å². The highest BCUT2D eigenvalue weighted by molar-refractivity contribution is 6.30. The van der Waals surface area contributed by atoms with E-state index in [-0.39, 0.29) is 0 Å². The van der Waals surface area contributed by atoms with Crippen LogP contribution in [0.1, 0.15) is 6.92 Å². The predicted molar refractivity (Wildman–Crippen MR) is 126 cm³/mol.